The first-order chi connectivity index (χ1) is 22.3. The number of aromatic amines is 1. The van der Waals surface area contributed by atoms with Crippen LogP contribution >= 0.6 is 11.8 Å². The molecular weight excluding hydrogens is 610 g/mol. The summed E-state index contributed by atoms with van der Waals surface area (Å²) in [5, 5.41) is 13.6. The van der Waals surface area contributed by atoms with Gasteiger partial charge in [-0.3, -0.25) is 24.6 Å². The zero-order valence-corrected chi connectivity index (χ0v) is 25.4. The topological polar surface area (TPSA) is 157 Å². The van der Waals surface area contributed by atoms with Gasteiger partial charge in [0.05, 0.1) is 11.1 Å². The summed E-state index contributed by atoms with van der Waals surface area (Å²) in [5.74, 6) is -0.831. The Morgan fingerprint density at radius 3 is 2.33 bits per heavy atom. The van der Waals surface area contributed by atoms with Gasteiger partial charge in [-0.15, -0.1) is 11.8 Å². The lowest BCUT2D eigenvalue weighted by atomic mass is 10.0. The number of fused-ring (bicyclic) bond motifs is 1. The average Bonchev–Trinajstić information content (AvgIpc) is 3.52. The molecule has 0 bridgehead atoms. The van der Waals surface area contributed by atoms with Crippen molar-refractivity contribution < 1.29 is 28.8 Å². The lowest BCUT2D eigenvalue weighted by molar-refractivity contribution is -0.384. The van der Waals surface area contributed by atoms with Crippen molar-refractivity contribution in [2.75, 3.05) is 17.7 Å². The van der Waals surface area contributed by atoms with Crippen molar-refractivity contribution in [3.05, 3.63) is 135 Å². The van der Waals surface area contributed by atoms with Crippen LogP contribution in [0.15, 0.2) is 102 Å². The summed E-state index contributed by atoms with van der Waals surface area (Å²) in [6.07, 6.45) is 1.36. The second-order valence-corrected chi connectivity index (χ2v) is 11.8. The number of H-pyrrole nitrogens is 1. The molecule has 0 aliphatic carbocycles. The number of benzene rings is 3. The Balaban J connectivity index is 1.20. The summed E-state index contributed by atoms with van der Waals surface area (Å²) < 4.78 is 11.4. The van der Waals surface area contributed by atoms with Gasteiger partial charge in [0.2, 0.25) is 5.95 Å². The largest absolute Gasteiger partial charge is 0.461 e. The van der Waals surface area contributed by atoms with Crippen LogP contribution in [-0.4, -0.2) is 61.4 Å². The first-order valence-corrected chi connectivity index (χ1v) is 15.5. The van der Waals surface area contributed by atoms with Crippen molar-refractivity contribution in [2.45, 2.75) is 30.9 Å². The van der Waals surface area contributed by atoms with Crippen LogP contribution in [0.5, 0.6) is 0 Å². The van der Waals surface area contributed by atoms with Crippen molar-refractivity contribution in [3.8, 4) is 0 Å². The maximum Gasteiger partial charge on any atom is 0.356 e. The van der Waals surface area contributed by atoms with Gasteiger partial charge < -0.3 is 19.8 Å². The lowest BCUT2D eigenvalue weighted by Gasteiger charge is -2.49. The molecule has 1 saturated heterocycles. The van der Waals surface area contributed by atoms with Crippen molar-refractivity contribution in [1.82, 2.24) is 14.9 Å². The zero-order chi connectivity index (χ0) is 32.2. The summed E-state index contributed by atoms with van der Waals surface area (Å²) in [6, 6.07) is 24.2. The molecule has 2 aliphatic rings. The molecule has 0 radical (unpaired) electrons. The molecule has 234 valence electrons. The number of nitrogens with one attached hydrogen (secondary N) is 2. The first kappa shape index (κ1) is 30.6. The molecule has 0 saturated carbocycles. The number of hydrogen-bond acceptors (Lipinski definition) is 10. The number of rotatable bonds is 11. The molecule has 1 amide bonds. The van der Waals surface area contributed by atoms with E-state index < -0.39 is 34.4 Å². The standard InChI is InChI=1S/C33H29N5O7S/c1-20(39)44-18-24-19-46-31-27(36-33-34-17-25(35-33)16-21-12-14-26(15-13-21)38(42)43)30(40)37(31)28(24)32(41)45-29(22-8-4-2-5-9-22)23-10-6-3-7-11-23/h2-15,17,27,29,31H,16,18-19H2,1H3,(H2,34,35,36)/t27?,31-/m0/s1. The molecule has 2 atom stereocenters. The molecule has 12 nitrogen and oxygen atoms in total. The predicted octanol–water partition coefficient (Wildman–Crippen LogP) is 4.75. The number of ether oxygens (including phenoxy) is 2. The van der Waals surface area contributed by atoms with Gasteiger partial charge in [-0.25, -0.2) is 9.78 Å². The molecule has 1 fully saturated rings. The number of carbonyl (C=O) groups is 3. The van der Waals surface area contributed by atoms with Gasteiger partial charge in [0.1, 0.15) is 23.7 Å². The Kier molecular flexibility index (Phi) is 8.83. The van der Waals surface area contributed by atoms with Gasteiger partial charge in [-0.2, -0.15) is 0 Å². The minimum absolute atomic E-state index is 0.0118. The van der Waals surface area contributed by atoms with Crippen LogP contribution < -0.4 is 5.32 Å². The number of hydrogen-bond donors (Lipinski definition) is 2. The molecule has 3 heterocycles. The number of nitrogens with zero attached hydrogens (tertiary/aromatic N) is 3. The highest BCUT2D eigenvalue weighted by molar-refractivity contribution is 8.00. The number of carbonyl (C=O) groups excluding carboxylic acids is 3. The van der Waals surface area contributed by atoms with Crippen LogP contribution in [0.2, 0.25) is 0 Å². The second kappa shape index (κ2) is 13.3. The van der Waals surface area contributed by atoms with E-state index in [1.165, 1.54) is 35.7 Å². The van der Waals surface area contributed by atoms with Crippen LogP contribution in [0.4, 0.5) is 11.6 Å². The number of esters is 2. The highest BCUT2D eigenvalue weighted by Crippen LogP contribution is 2.42. The van der Waals surface area contributed by atoms with Crippen molar-refractivity contribution in [1.29, 1.82) is 0 Å². The third-order valence-electron chi connectivity index (χ3n) is 7.58. The quantitative estimate of drug-likeness (QED) is 0.102. The number of nitro groups is 1. The summed E-state index contributed by atoms with van der Waals surface area (Å²) in [6.45, 7) is 1.14. The Morgan fingerprint density at radius 1 is 1.07 bits per heavy atom. The normalized spacial score (nSPS) is 17.3. The molecule has 1 aromatic heterocycles. The van der Waals surface area contributed by atoms with E-state index >= 15 is 0 Å². The summed E-state index contributed by atoms with van der Waals surface area (Å²) >= 11 is 1.44. The number of amides is 1. The fraction of sp³-hybridized carbons (Fsp3) is 0.212. The molecule has 46 heavy (non-hydrogen) atoms. The maximum absolute atomic E-state index is 13.9. The van der Waals surface area contributed by atoms with E-state index in [2.05, 4.69) is 15.3 Å². The van der Waals surface area contributed by atoms with E-state index in [0.717, 1.165) is 22.4 Å². The van der Waals surface area contributed by atoms with Crippen LogP contribution in [0.25, 0.3) is 0 Å². The van der Waals surface area contributed by atoms with Crippen molar-refractivity contribution in [3.63, 3.8) is 0 Å². The second-order valence-electron chi connectivity index (χ2n) is 10.7. The molecule has 1 unspecified atom stereocenters. The maximum atomic E-state index is 13.9. The zero-order valence-electron chi connectivity index (χ0n) is 24.6. The number of nitro benzene ring substituents is 1. The Morgan fingerprint density at radius 2 is 1.72 bits per heavy atom. The fourth-order valence-electron chi connectivity index (χ4n) is 5.34. The summed E-state index contributed by atoms with van der Waals surface area (Å²) in [4.78, 5) is 58.6. The number of imidazole rings is 1. The van der Waals surface area contributed by atoms with Gasteiger partial charge in [0.15, 0.2) is 6.10 Å². The molecular formula is C33H29N5O7S. The third kappa shape index (κ3) is 6.49. The Hall–Kier alpha value is -5.43. The molecule has 2 aliphatic heterocycles. The van der Waals surface area contributed by atoms with E-state index in [1.807, 2.05) is 60.7 Å². The number of aromatic nitrogens is 2. The Labute approximate surface area is 268 Å². The molecule has 6 rings (SSSR count). The van der Waals surface area contributed by atoms with E-state index in [0.29, 0.717) is 23.7 Å². The number of thioether (sulfide) groups is 1. The molecule has 0 spiro atoms. The first-order valence-electron chi connectivity index (χ1n) is 14.4. The van der Waals surface area contributed by atoms with Crippen LogP contribution in [-0.2, 0) is 30.3 Å². The number of anilines is 1. The third-order valence-corrected chi connectivity index (χ3v) is 8.92. The van der Waals surface area contributed by atoms with Crippen molar-refractivity contribution >= 4 is 41.2 Å². The number of β-lactam (4-membered cyclic amide) rings is 1. The van der Waals surface area contributed by atoms with Crippen LogP contribution in [0.3, 0.4) is 0 Å². The van der Waals surface area contributed by atoms with E-state index in [-0.39, 0.29) is 23.9 Å². The van der Waals surface area contributed by atoms with Gasteiger partial charge >= 0.3 is 11.9 Å². The number of non-ortho nitro benzene ring substituents is 1. The smallest absolute Gasteiger partial charge is 0.356 e. The SMILES string of the molecule is CC(=O)OCC1=C(C(=O)OC(c2ccccc2)c2ccccc2)N2C(=O)C(Nc3ncc(Cc4ccc([N+](=O)[O-])cc4)[nH]3)[C@@H]2SC1. The van der Waals surface area contributed by atoms with E-state index in [4.69, 9.17) is 9.47 Å². The van der Waals surface area contributed by atoms with Gasteiger partial charge in [0, 0.05) is 42.5 Å². The van der Waals surface area contributed by atoms with Gasteiger partial charge in [0.25, 0.3) is 11.6 Å². The fourth-order valence-corrected chi connectivity index (χ4v) is 6.67. The van der Waals surface area contributed by atoms with Crippen LogP contribution in [0, 0.1) is 10.1 Å². The minimum atomic E-state index is -0.729. The predicted molar refractivity (Wildman–Crippen MR) is 169 cm³/mol. The highest BCUT2D eigenvalue weighted by atomic mass is 32.2. The van der Waals surface area contributed by atoms with Crippen LogP contribution in [0.1, 0.15) is 35.4 Å². The minimum Gasteiger partial charge on any atom is -0.461 e. The molecule has 3 aromatic carbocycles. The van der Waals surface area contributed by atoms with Gasteiger partial charge in [-0.1, -0.05) is 72.8 Å². The average molecular weight is 640 g/mol. The lowest BCUT2D eigenvalue weighted by Crippen LogP contribution is -2.68. The molecule has 2 N–H and O–H groups in total. The highest BCUT2D eigenvalue weighted by Gasteiger charge is 2.54. The molecule has 13 heteroatoms. The van der Waals surface area contributed by atoms with E-state index in [9.17, 15) is 24.5 Å². The monoisotopic (exact) mass is 639 g/mol. The summed E-state index contributed by atoms with van der Waals surface area (Å²) in [5.41, 5.74) is 3.70. The summed E-state index contributed by atoms with van der Waals surface area (Å²) in [7, 11) is 0. The van der Waals surface area contributed by atoms with Gasteiger partial charge in [-0.05, 0) is 16.7 Å². The van der Waals surface area contributed by atoms with E-state index in [1.54, 1.807) is 18.3 Å². The molecule has 4 aromatic rings. The Bertz CT molecular complexity index is 1750. The van der Waals surface area contributed by atoms with Crippen molar-refractivity contribution in [2.24, 2.45) is 0 Å².